The van der Waals surface area contributed by atoms with E-state index in [2.05, 4.69) is 4.90 Å². The van der Waals surface area contributed by atoms with Crippen LogP contribution in [0.4, 0.5) is 11.4 Å². The minimum Gasteiger partial charge on any atom is -0.397 e. The third kappa shape index (κ3) is 2.98. The third-order valence-corrected chi connectivity index (χ3v) is 3.57. The van der Waals surface area contributed by atoms with E-state index in [-0.39, 0.29) is 0 Å². The highest BCUT2D eigenvalue weighted by Crippen LogP contribution is 2.31. The van der Waals surface area contributed by atoms with Gasteiger partial charge in [0, 0.05) is 20.2 Å². The van der Waals surface area contributed by atoms with Gasteiger partial charge in [0.05, 0.1) is 23.5 Å². The van der Waals surface area contributed by atoms with Crippen LogP contribution in [-0.2, 0) is 4.74 Å². The Morgan fingerprint density at radius 3 is 3.00 bits per heavy atom. The molecule has 1 aliphatic rings. The number of carbonyl (C=O) groups is 1. The number of benzene rings is 1. The Kier molecular flexibility index (Phi) is 4.27. The lowest BCUT2D eigenvalue weighted by molar-refractivity contribution is 0.100. The van der Waals surface area contributed by atoms with Gasteiger partial charge in [-0.15, -0.1) is 0 Å². The first-order chi connectivity index (χ1) is 9.13. The molecule has 1 atom stereocenters. The number of piperidine rings is 1. The van der Waals surface area contributed by atoms with E-state index >= 15 is 0 Å². The molecule has 1 amide bonds. The smallest absolute Gasteiger partial charge is 0.250 e. The maximum atomic E-state index is 11.5. The summed E-state index contributed by atoms with van der Waals surface area (Å²) in [6.45, 7) is 2.48. The van der Waals surface area contributed by atoms with Crippen LogP contribution in [0.2, 0.25) is 0 Å². The van der Waals surface area contributed by atoms with Gasteiger partial charge in [-0.25, -0.2) is 0 Å². The molecule has 0 saturated carbocycles. The first-order valence-corrected chi connectivity index (χ1v) is 6.55. The van der Waals surface area contributed by atoms with Crippen LogP contribution in [0.25, 0.3) is 0 Å². The van der Waals surface area contributed by atoms with Gasteiger partial charge in [-0.2, -0.15) is 0 Å². The molecule has 0 aliphatic carbocycles. The number of hydrogen-bond acceptors (Lipinski definition) is 4. The minimum absolute atomic E-state index is 0.434. The van der Waals surface area contributed by atoms with Gasteiger partial charge in [0.15, 0.2) is 0 Å². The highest BCUT2D eigenvalue weighted by atomic mass is 16.5. The number of carbonyl (C=O) groups excluding carboxylic acids is 1. The highest BCUT2D eigenvalue weighted by Gasteiger charge is 2.24. The number of amides is 1. The Bertz CT molecular complexity index is 460. The number of nitrogens with two attached hydrogens (primary N) is 2. The molecule has 0 aromatic heterocycles. The summed E-state index contributed by atoms with van der Waals surface area (Å²) in [4.78, 5) is 13.7. The maximum absolute atomic E-state index is 11.5. The van der Waals surface area contributed by atoms with E-state index in [1.165, 1.54) is 0 Å². The van der Waals surface area contributed by atoms with Crippen LogP contribution in [0.3, 0.4) is 0 Å². The number of nitrogen functional groups attached to an aromatic ring is 1. The molecular formula is C14H21N3O2. The Hall–Kier alpha value is -1.75. The molecule has 1 fully saturated rings. The minimum atomic E-state index is -0.434. The van der Waals surface area contributed by atoms with Crippen molar-refractivity contribution in [2.45, 2.75) is 12.8 Å². The summed E-state index contributed by atoms with van der Waals surface area (Å²) in [7, 11) is 1.71. The van der Waals surface area contributed by atoms with Crippen molar-refractivity contribution >= 4 is 17.3 Å². The van der Waals surface area contributed by atoms with Gasteiger partial charge in [-0.3, -0.25) is 4.79 Å². The van der Waals surface area contributed by atoms with E-state index in [0.29, 0.717) is 17.2 Å². The molecule has 104 valence electrons. The lowest BCUT2D eigenvalue weighted by Gasteiger charge is -2.35. The molecule has 19 heavy (non-hydrogen) atoms. The average Bonchev–Trinajstić information content (AvgIpc) is 2.39. The summed E-state index contributed by atoms with van der Waals surface area (Å²) in [5.41, 5.74) is 13.3. The fourth-order valence-electron chi connectivity index (χ4n) is 2.75. The molecule has 4 N–H and O–H groups in total. The molecular weight excluding hydrogens is 242 g/mol. The molecule has 1 saturated heterocycles. The lowest BCUT2D eigenvalue weighted by atomic mass is 9.97. The first-order valence-electron chi connectivity index (χ1n) is 6.55. The van der Waals surface area contributed by atoms with Crippen LogP contribution < -0.4 is 16.4 Å². The zero-order valence-corrected chi connectivity index (χ0v) is 11.3. The Balaban J connectivity index is 2.28. The van der Waals surface area contributed by atoms with Crippen LogP contribution in [0, 0.1) is 5.92 Å². The monoisotopic (exact) mass is 263 g/mol. The Labute approximate surface area is 113 Å². The third-order valence-electron chi connectivity index (χ3n) is 3.57. The zero-order chi connectivity index (χ0) is 13.8. The van der Waals surface area contributed by atoms with Gasteiger partial charge < -0.3 is 21.1 Å². The van der Waals surface area contributed by atoms with Gasteiger partial charge in [-0.1, -0.05) is 6.07 Å². The molecule has 1 unspecified atom stereocenters. The largest absolute Gasteiger partial charge is 0.397 e. The maximum Gasteiger partial charge on any atom is 0.250 e. The van der Waals surface area contributed by atoms with Gasteiger partial charge >= 0.3 is 0 Å². The number of methoxy groups -OCH3 is 1. The molecule has 0 radical (unpaired) electrons. The van der Waals surface area contributed by atoms with E-state index in [1.807, 2.05) is 6.07 Å². The lowest BCUT2D eigenvalue weighted by Crippen LogP contribution is -2.38. The number of nitrogens with zero attached hydrogens (tertiary/aromatic N) is 1. The highest BCUT2D eigenvalue weighted by molar-refractivity contribution is 6.01. The number of hydrogen-bond donors (Lipinski definition) is 2. The van der Waals surface area contributed by atoms with Gasteiger partial charge in [0.25, 0.3) is 5.91 Å². The Morgan fingerprint density at radius 1 is 1.53 bits per heavy atom. The predicted octanol–water partition coefficient (Wildman–Crippen LogP) is 1.23. The number of anilines is 2. The van der Waals surface area contributed by atoms with Crippen LogP contribution in [0.5, 0.6) is 0 Å². The van der Waals surface area contributed by atoms with Crippen molar-refractivity contribution in [3.63, 3.8) is 0 Å². The summed E-state index contributed by atoms with van der Waals surface area (Å²) < 4.78 is 5.22. The normalized spacial score (nSPS) is 19.4. The van der Waals surface area contributed by atoms with Crippen LogP contribution in [-0.4, -0.2) is 32.7 Å². The van der Waals surface area contributed by atoms with Gasteiger partial charge in [-0.05, 0) is 30.9 Å². The molecule has 1 aromatic carbocycles. The molecule has 1 aromatic rings. The summed E-state index contributed by atoms with van der Waals surface area (Å²) in [5.74, 6) is 0.0373. The van der Waals surface area contributed by atoms with Crippen molar-refractivity contribution in [1.29, 1.82) is 0 Å². The second-order valence-corrected chi connectivity index (χ2v) is 5.02. The van der Waals surface area contributed by atoms with E-state index < -0.39 is 5.91 Å². The van der Waals surface area contributed by atoms with E-state index in [4.69, 9.17) is 16.2 Å². The second-order valence-electron chi connectivity index (χ2n) is 5.02. The topological polar surface area (TPSA) is 81.6 Å². The summed E-state index contributed by atoms with van der Waals surface area (Å²) in [6.07, 6.45) is 2.21. The Morgan fingerprint density at radius 2 is 2.32 bits per heavy atom. The quantitative estimate of drug-likeness (QED) is 0.801. The fraction of sp³-hybridized carbons (Fsp3) is 0.500. The standard InChI is InChI=1S/C14H21N3O2/c1-19-9-10-4-3-7-17(8-10)13-11(14(16)18)5-2-6-12(13)15/h2,5-6,10H,3-4,7-9,15H2,1H3,(H2,16,18). The molecule has 0 bridgehead atoms. The number of ether oxygens (including phenoxy) is 1. The van der Waals surface area contributed by atoms with Crippen LogP contribution >= 0.6 is 0 Å². The van der Waals surface area contributed by atoms with Gasteiger partial charge in [0.2, 0.25) is 0 Å². The average molecular weight is 263 g/mol. The number of primary amides is 1. The van der Waals surface area contributed by atoms with Gasteiger partial charge in [0.1, 0.15) is 0 Å². The first kappa shape index (κ1) is 13.7. The zero-order valence-electron chi connectivity index (χ0n) is 11.3. The van der Waals surface area contributed by atoms with Crippen molar-refractivity contribution in [3.05, 3.63) is 23.8 Å². The summed E-state index contributed by atoms with van der Waals surface area (Å²) in [5, 5.41) is 0. The van der Waals surface area contributed by atoms with Crippen LogP contribution in [0.1, 0.15) is 23.2 Å². The molecule has 1 aliphatic heterocycles. The SMILES string of the molecule is COCC1CCCN(c2c(N)cccc2C(N)=O)C1. The second kappa shape index (κ2) is 5.93. The molecule has 0 spiro atoms. The molecule has 1 heterocycles. The molecule has 5 nitrogen and oxygen atoms in total. The molecule has 5 heteroatoms. The van der Waals surface area contributed by atoms with E-state index in [1.54, 1.807) is 19.2 Å². The molecule has 2 rings (SSSR count). The van der Waals surface area contributed by atoms with Crippen molar-refractivity contribution in [3.8, 4) is 0 Å². The van der Waals surface area contributed by atoms with Crippen molar-refractivity contribution in [2.75, 3.05) is 37.4 Å². The number of rotatable bonds is 4. The van der Waals surface area contributed by atoms with Crippen molar-refractivity contribution in [2.24, 2.45) is 11.7 Å². The predicted molar refractivity (Wildman–Crippen MR) is 76.2 cm³/mol. The number of para-hydroxylation sites is 1. The van der Waals surface area contributed by atoms with Crippen molar-refractivity contribution < 1.29 is 9.53 Å². The van der Waals surface area contributed by atoms with Crippen molar-refractivity contribution in [1.82, 2.24) is 0 Å². The van der Waals surface area contributed by atoms with Crippen LogP contribution in [0.15, 0.2) is 18.2 Å². The summed E-state index contributed by atoms with van der Waals surface area (Å²) in [6, 6.07) is 5.30. The summed E-state index contributed by atoms with van der Waals surface area (Å²) >= 11 is 0. The fourth-order valence-corrected chi connectivity index (χ4v) is 2.75. The van der Waals surface area contributed by atoms with E-state index in [9.17, 15) is 4.79 Å². The van der Waals surface area contributed by atoms with E-state index in [0.717, 1.165) is 38.2 Å².